The molecular formula is C14H10Cl2FNO. The predicted molar refractivity (Wildman–Crippen MR) is 75.2 cm³/mol. The second kappa shape index (κ2) is 6.04. The summed E-state index contributed by atoms with van der Waals surface area (Å²) in [6.07, 6.45) is 0.167. The van der Waals surface area contributed by atoms with E-state index in [4.69, 9.17) is 23.2 Å². The number of carbonyl (C=O) groups excluding carboxylic acids is 1. The molecule has 2 rings (SSSR count). The number of carbonyl (C=O) groups is 1. The zero-order chi connectivity index (χ0) is 13.8. The van der Waals surface area contributed by atoms with Gasteiger partial charge in [-0.3, -0.25) is 4.79 Å². The molecule has 0 bridgehead atoms. The van der Waals surface area contributed by atoms with Gasteiger partial charge in [0.2, 0.25) is 5.91 Å². The molecule has 2 aromatic rings. The van der Waals surface area contributed by atoms with E-state index in [-0.39, 0.29) is 18.1 Å². The average molecular weight is 298 g/mol. The first-order valence-corrected chi connectivity index (χ1v) is 6.29. The number of amides is 1. The Morgan fingerprint density at radius 2 is 1.74 bits per heavy atom. The molecule has 0 aliphatic heterocycles. The van der Waals surface area contributed by atoms with E-state index in [9.17, 15) is 9.18 Å². The van der Waals surface area contributed by atoms with Gasteiger partial charge in [-0.05, 0) is 35.9 Å². The summed E-state index contributed by atoms with van der Waals surface area (Å²) in [6.45, 7) is 0. The fourth-order valence-corrected chi connectivity index (χ4v) is 1.86. The van der Waals surface area contributed by atoms with E-state index in [0.717, 1.165) is 5.56 Å². The summed E-state index contributed by atoms with van der Waals surface area (Å²) in [5.74, 6) is -0.529. The minimum atomic E-state index is -0.325. The smallest absolute Gasteiger partial charge is 0.228 e. The van der Waals surface area contributed by atoms with Crippen LogP contribution in [0.3, 0.4) is 0 Å². The summed E-state index contributed by atoms with van der Waals surface area (Å²) in [6, 6.07) is 10.6. The van der Waals surface area contributed by atoms with Crippen LogP contribution in [-0.2, 0) is 11.2 Å². The van der Waals surface area contributed by atoms with Crippen LogP contribution in [0.1, 0.15) is 5.56 Å². The molecule has 5 heteroatoms. The fourth-order valence-electron chi connectivity index (χ4n) is 1.57. The van der Waals surface area contributed by atoms with E-state index in [1.807, 2.05) is 0 Å². The van der Waals surface area contributed by atoms with Crippen LogP contribution in [0.2, 0.25) is 10.0 Å². The first-order valence-electron chi connectivity index (χ1n) is 5.54. The Hall–Kier alpha value is -1.58. The third-order valence-corrected chi connectivity index (χ3v) is 3.22. The lowest BCUT2D eigenvalue weighted by atomic mass is 10.1. The first-order chi connectivity index (χ1) is 9.04. The van der Waals surface area contributed by atoms with Crippen molar-refractivity contribution in [1.82, 2.24) is 0 Å². The minimum Gasteiger partial charge on any atom is -0.326 e. The van der Waals surface area contributed by atoms with E-state index in [1.165, 1.54) is 12.1 Å². The monoisotopic (exact) mass is 297 g/mol. The summed E-state index contributed by atoms with van der Waals surface area (Å²) >= 11 is 11.6. The topological polar surface area (TPSA) is 29.1 Å². The number of halogens is 3. The molecule has 1 N–H and O–H groups in total. The second-order valence-electron chi connectivity index (χ2n) is 3.98. The number of hydrogen-bond acceptors (Lipinski definition) is 1. The van der Waals surface area contributed by atoms with Crippen molar-refractivity contribution in [1.29, 1.82) is 0 Å². The Kier molecular flexibility index (Phi) is 4.40. The van der Waals surface area contributed by atoms with Crippen LogP contribution in [0, 0.1) is 5.82 Å². The number of nitrogens with one attached hydrogen (secondary N) is 1. The van der Waals surface area contributed by atoms with Crippen molar-refractivity contribution in [3.05, 3.63) is 63.9 Å². The summed E-state index contributed by atoms with van der Waals surface area (Å²) in [5, 5.41) is 3.50. The highest BCUT2D eigenvalue weighted by atomic mass is 35.5. The van der Waals surface area contributed by atoms with Crippen molar-refractivity contribution in [3.63, 3.8) is 0 Å². The van der Waals surface area contributed by atoms with Crippen LogP contribution < -0.4 is 5.32 Å². The highest BCUT2D eigenvalue weighted by Crippen LogP contribution is 2.25. The van der Waals surface area contributed by atoms with Crippen LogP contribution >= 0.6 is 23.2 Å². The lowest BCUT2D eigenvalue weighted by Crippen LogP contribution is -2.14. The molecule has 0 heterocycles. The average Bonchev–Trinajstić information content (AvgIpc) is 2.37. The molecule has 2 aromatic carbocycles. The summed E-state index contributed by atoms with van der Waals surface area (Å²) < 4.78 is 12.7. The van der Waals surface area contributed by atoms with E-state index < -0.39 is 0 Å². The molecule has 1 amide bonds. The second-order valence-corrected chi connectivity index (χ2v) is 4.79. The van der Waals surface area contributed by atoms with Gasteiger partial charge in [-0.15, -0.1) is 0 Å². The lowest BCUT2D eigenvalue weighted by molar-refractivity contribution is -0.115. The summed E-state index contributed by atoms with van der Waals surface area (Å²) in [4.78, 5) is 11.8. The first kappa shape index (κ1) is 13.8. The molecule has 19 heavy (non-hydrogen) atoms. The quantitative estimate of drug-likeness (QED) is 0.898. The van der Waals surface area contributed by atoms with Crippen LogP contribution in [0.25, 0.3) is 0 Å². The maximum absolute atomic E-state index is 12.7. The highest BCUT2D eigenvalue weighted by Gasteiger charge is 2.06. The van der Waals surface area contributed by atoms with E-state index in [1.54, 1.807) is 30.3 Å². The number of anilines is 1. The van der Waals surface area contributed by atoms with Gasteiger partial charge in [0.25, 0.3) is 0 Å². The molecule has 0 atom stereocenters. The molecule has 0 saturated carbocycles. The van der Waals surface area contributed by atoms with E-state index in [0.29, 0.717) is 15.7 Å². The number of benzene rings is 2. The van der Waals surface area contributed by atoms with Gasteiger partial charge in [0, 0.05) is 5.69 Å². The van der Waals surface area contributed by atoms with Crippen molar-refractivity contribution in [2.45, 2.75) is 6.42 Å². The van der Waals surface area contributed by atoms with Crippen LogP contribution in [-0.4, -0.2) is 5.91 Å². The molecule has 0 unspecified atom stereocenters. The molecule has 98 valence electrons. The standard InChI is InChI=1S/C14H10Cl2FNO/c15-12-6-5-11(8-13(12)16)18-14(19)7-9-1-3-10(17)4-2-9/h1-6,8H,7H2,(H,18,19). The van der Waals surface area contributed by atoms with Gasteiger partial charge in [-0.1, -0.05) is 35.3 Å². The van der Waals surface area contributed by atoms with Crippen molar-refractivity contribution >= 4 is 34.8 Å². The molecule has 0 aliphatic carbocycles. The molecule has 0 radical (unpaired) electrons. The Morgan fingerprint density at radius 1 is 1.05 bits per heavy atom. The molecule has 0 saturated heterocycles. The summed E-state index contributed by atoms with van der Waals surface area (Å²) in [5.41, 5.74) is 1.31. The zero-order valence-electron chi connectivity index (χ0n) is 9.79. The maximum atomic E-state index is 12.7. The van der Waals surface area contributed by atoms with Crippen LogP contribution in [0.15, 0.2) is 42.5 Å². The Bertz CT molecular complexity index is 599. The molecule has 0 spiro atoms. The van der Waals surface area contributed by atoms with Crippen LogP contribution in [0.5, 0.6) is 0 Å². The normalized spacial score (nSPS) is 10.3. The molecule has 0 aliphatic rings. The highest BCUT2D eigenvalue weighted by molar-refractivity contribution is 6.42. The SMILES string of the molecule is O=C(Cc1ccc(F)cc1)Nc1ccc(Cl)c(Cl)c1. The fraction of sp³-hybridized carbons (Fsp3) is 0.0714. The van der Waals surface area contributed by atoms with Crippen molar-refractivity contribution in [2.24, 2.45) is 0 Å². The Balaban J connectivity index is 2.01. The minimum absolute atomic E-state index is 0.167. The van der Waals surface area contributed by atoms with E-state index in [2.05, 4.69) is 5.32 Å². The van der Waals surface area contributed by atoms with Gasteiger partial charge in [-0.25, -0.2) is 4.39 Å². The molecule has 0 aromatic heterocycles. The largest absolute Gasteiger partial charge is 0.326 e. The van der Waals surface area contributed by atoms with Gasteiger partial charge in [0.15, 0.2) is 0 Å². The van der Waals surface area contributed by atoms with Crippen LogP contribution in [0.4, 0.5) is 10.1 Å². The Labute approximate surface area is 120 Å². The predicted octanol–water partition coefficient (Wildman–Crippen LogP) is 4.31. The summed E-state index contributed by atoms with van der Waals surface area (Å²) in [7, 11) is 0. The molecule has 0 fully saturated rings. The molecular weight excluding hydrogens is 288 g/mol. The van der Waals surface area contributed by atoms with Gasteiger partial charge >= 0.3 is 0 Å². The Morgan fingerprint density at radius 3 is 2.37 bits per heavy atom. The third kappa shape index (κ3) is 3.94. The van der Waals surface area contributed by atoms with E-state index >= 15 is 0 Å². The van der Waals surface area contributed by atoms with Gasteiger partial charge in [-0.2, -0.15) is 0 Å². The van der Waals surface area contributed by atoms with Crippen molar-refractivity contribution in [2.75, 3.05) is 5.32 Å². The van der Waals surface area contributed by atoms with Crippen molar-refractivity contribution in [3.8, 4) is 0 Å². The lowest BCUT2D eigenvalue weighted by Gasteiger charge is -2.06. The van der Waals surface area contributed by atoms with Gasteiger partial charge in [0.05, 0.1) is 16.5 Å². The van der Waals surface area contributed by atoms with Crippen molar-refractivity contribution < 1.29 is 9.18 Å². The zero-order valence-corrected chi connectivity index (χ0v) is 11.3. The third-order valence-electron chi connectivity index (χ3n) is 2.48. The van der Waals surface area contributed by atoms with Gasteiger partial charge in [0.1, 0.15) is 5.82 Å². The molecule has 2 nitrogen and oxygen atoms in total. The number of hydrogen-bond donors (Lipinski definition) is 1. The maximum Gasteiger partial charge on any atom is 0.228 e. The van der Waals surface area contributed by atoms with Gasteiger partial charge < -0.3 is 5.32 Å². The number of rotatable bonds is 3.